The fraction of sp³-hybridized carbons (Fsp3) is 0.571. The minimum absolute atomic E-state index is 0.142. The predicted octanol–water partition coefficient (Wildman–Crippen LogP) is 2.32. The highest BCUT2D eigenvalue weighted by atomic mass is 19.1. The van der Waals surface area contributed by atoms with E-state index in [0.29, 0.717) is 6.04 Å². The molecule has 1 aliphatic rings. The summed E-state index contributed by atoms with van der Waals surface area (Å²) in [5.41, 5.74) is 2.29. The summed E-state index contributed by atoms with van der Waals surface area (Å²) in [7, 11) is 0. The second-order valence-corrected chi connectivity index (χ2v) is 5.01. The molecule has 0 amide bonds. The number of benzene rings is 1. The van der Waals surface area contributed by atoms with Crippen LogP contribution in [0.5, 0.6) is 0 Å². The standard InChI is InChI=1S/C14H21FN2/c1-11-8-14(15)5-4-13(11)10-17-7-3-6-16-12(2)9-17/h4-5,8,12,16H,3,6-7,9-10H2,1-2H3. The lowest BCUT2D eigenvalue weighted by Gasteiger charge is -2.23. The highest BCUT2D eigenvalue weighted by Crippen LogP contribution is 2.14. The summed E-state index contributed by atoms with van der Waals surface area (Å²) in [5, 5.41) is 3.48. The highest BCUT2D eigenvalue weighted by Gasteiger charge is 2.14. The lowest BCUT2D eigenvalue weighted by Crippen LogP contribution is -2.35. The van der Waals surface area contributed by atoms with E-state index in [2.05, 4.69) is 17.1 Å². The predicted molar refractivity (Wildman–Crippen MR) is 68.5 cm³/mol. The van der Waals surface area contributed by atoms with Gasteiger partial charge in [0.05, 0.1) is 0 Å². The van der Waals surface area contributed by atoms with Crippen LogP contribution in [0.25, 0.3) is 0 Å². The maximum absolute atomic E-state index is 13.0. The molecule has 2 nitrogen and oxygen atoms in total. The molecule has 17 heavy (non-hydrogen) atoms. The van der Waals surface area contributed by atoms with Gasteiger partial charge in [0.1, 0.15) is 5.82 Å². The van der Waals surface area contributed by atoms with Crippen molar-refractivity contribution in [1.82, 2.24) is 10.2 Å². The maximum atomic E-state index is 13.0. The van der Waals surface area contributed by atoms with Gasteiger partial charge < -0.3 is 5.32 Å². The molecule has 1 aromatic carbocycles. The number of rotatable bonds is 2. The van der Waals surface area contributed by atoms with E-state index in [1.165, 1.54) is 12.0 Å². The van der Waals surface area contributed by atoms with Crippen molar-refractivity contribution in [2.75, 3.05) is 19.6 Å². The second-order valence-electron chi connectivity index (χ2n) is 5.01. The van der Waals surface area contributed by atoms with Crippen molar-refractivity contribution >= 4 is 0 Å². The number of hydrogen-bond donors (Lipinski definition) is 1. The SMILES string of the molecule is Cc1cc(F)ccc1CN1CCCNC(C)C1. The molecule has 1 fully saturated rings. The van der Waals surface area contributed by atoms with Crippen LogP contribution >= 0.6 is 0 Å². The van der Waals surface area contributed by atoms with Gasteiger partial charge in [-0.05, 0) is 56.6 Å². The molecule has 0 bridgehead atoms. The summed E-state index contributed by atoms with van der Waals surface area (Å²) < 4.78 is 13.0. The van der Waals surface area contributed by atoms with Crippen LogP contribution in [0.1, 0.15) is 24.5 Å². The van der Waals surface area contributed by atoms with Crippen molar-refractivity contribution in [1.29, 1.82) is 0 Å². The summed E-state index contributed by atoms with van der Waals surface area (Å²) >= 11 is 0. The van der Waals surface area contributed by atoms with E-state index in [4.69, 9.17) is 0 Å². The van der Waals surface area contributed by atoms with Gasteiger partial charge in [0.2, 0.25) is 0 Å². The monoisotopic (exact) mass is 236 g/mol. The molecule has 1 atom stereocenters. The van der Waals surface area contributed by atoms with E-state index >= 15 is 0 Å². The molecule has 1 N–H and O–H groups in total. The third-order valence-electron chi connectivity index (χ3n) is 3.37. The van der Waals surface area contributed by atoms with Crippen LogP contribution in [0.15, 0.2) is 18.2 Å². The summed E-state index contributed by atoms with van der Waals surface area (Å²) in [4.78, 5) is 2.45. The number of hydrogen-bond acceptors (Lipinski definition) is 2. The fourth-order valence-corrected chi connectivity index (χ4v) is 2.42. The average Bonchev–Trinajstić information content (AvgIpc) is 2.47. The van der Waals surface area contributed by atoms with E-state index in [1.54, 1.807) is 12.1 Å². The number of aryl methyl sites for hydroxylation is 1. The van der Waals surface area contributed by atoms with Crippen LogP contribution in [0.2, 0.25) is 0 Å². The van der Waals surface area contributed by atoms with Crippen LogP contribution in [0.3, 0.4) is 0 Å². The van der Waals surface area contributed by atoms with Crippen molar-refractivity contribution in [3.05, 3.63) is 35.1 Å². The Balaban J connectivity index is 2.03. The zero-order valence-electron chi connectivity index (χ0n) is 10.7. The number of nitrogens with one attached hydrogen (secondary N) is 1. The molecule has 0 saturated carbocycles. The lowest BCUT2D eigenvalue weighted by atomic mass is 10.1. The molecular weight excluding hydrogens is 215 g/mol. The first kappa shape index (κ1) is 12.5. The molecular formula is C14H21FN2. The summed E-state index contributed by atoms with van der Waals surface area (Å²) in [5.74, 6) is -0.142. The van der Waals surface area contributed by atoms with Gasteiger partial charge in [-0.3, -0.25) is 4.90 Å². The largest absolute Gasteiger partial charge is 0.313 e. The second kappa shape index (κ2) is 5.61. The van der Waals surface area contributed by atoms with Crippen molar-refractivity contribution in [2.24, 2.45) is 0 Å². The van der Waals surface area contributed by atoms with E-state index in [1.807, 2.05) is 13.0 Å². The summed E-state index contributed by atoms with van der Waals surface area (Å²) in [6, 6.07) is 5.63. The molecule has 0 spiro atoms. The molecule has 1 heterocycles. The van der Waals surface area contributed by atoms with Gasteiger partial charge in [-0.25, -0.2) is 4.39 Å². The van der Waals surface area contributed by atoms with Crippen LogP contribution < -0.4 is 5.32 Å². The highest BCUT2D eigenvalue weighted by molar-refractivity contribution is 5.26. The Kier molecular flexibility index (Phi) is 4.13. The van der Waals surface area contributed by atoms with Crippen molar-refractivity contribution in [2.45, 2.75) is 32.9 Å². The van der Waals surface area contributed by atoms with Crippen LogP contribution in [0, 0.1) is 12.7 Å². The Morgan fingerprint density at radius 1 is 1.47 bits per heavy atom. The maximum Gasteiger partial charge on any atom is 0.123 e. The summed E-state index contributed by atoms with van der Waals surface area (Å²) in [6.07, 6.45) is 1.19. The first-order chi connectivity index (χ1) is 8.15. The molecule has 0 radical (unpaired) electrons. The molecule has 94 valence electrons. The van der Waals surface area contributed by atoms with Gasteiger partial charge in [0.15, 0.2) is 0 Å². The van der Waals surface area contributed by atoms with Gasteiger partial charge in [-0.15, -0.1) is 0 Å². The fourth-order valence-electron chi connectivity index (χ4n) is 2.42. The van der Waals surface area contributed by atoms with Crippen LogP contribution in [-0.2, 0) is 6.54 Å². The first-order valence-electron chi connectivity index (χ1n) is 6.36. The van der Waals surface area contributed by atoms with E-state index < -0.39 is 0 Å². The molecule has 1 saturated heterocycles. The van der Waals surface area contributed by atoms with Gasteiger partial charge in [-0.1, -0.05) is 6.07 Å². The quantitative estimate of drug-likeness (QED) is 0.847. The molecule has 1 aromatic rings. The molecule has 0 aliphatic carbocycles. The molecule has 0 aromatic heterocycles. The van der Waals surface area contributed by atoms with E-state index in [0.717, 1.165) is 31.7 Å². The number of nitrogens with zero attached hydrogens (tertiary/aromatic N) is 1. The minimum atomic E-state index is -0.142. The Morgan fingerprint density at radius 3 is 3.06 bits per heavy atom. The zero-order valence-corrected chi connectivity index (χ0v) is 10.7. The Labute approximate surface area is 103 Å². The van der Waals surface area contributed by atoms with Gasteiger partial charge in [0, 0.05) is 19.1 Å². The molecule has 1 aliphatic heterocycles. The third kappa shape index (κ3) is 3.51. The van der Waals surface area contributed by atoms with Crippen molar-refractivity contribution in [3.63, 3.8) is 0 Å². The average molecular weight is 236 g/mol. The van der Waals surface area contributed by atoms with Gasteiger partial charge in [0.25, 0.3) is 0 Å². The molecule has 2 rings (SSSR count). The zero-order chi connectivity index (χ0) is 12.3. The molecule has 1 unspecified atom stereocenters. The van der Waals surface area contributed by atoms with E-state index in [-0.39, 0.29) is 5.82 Å². The topological polar surface area (TPSA) is 15.3 Å². The third-order valence-corrected chi connectivity index (χ3v) is 3.37. The first-order valence-corrected chi connectivity index (χ1v) is 6.36. The Bertz CT molecular complexity index is 378. The lowest BCUT2D eigenvalue weighted by molar-refractivity contribution is 0.264. The summed E-state index contributed by atoms with van der Waals surface area (Å²) in [6.45, 7) is 8.41. The van der Waals surface area contributed by atoms with E-state index in [9.17, 15) is 4.39 Å². The van der Waals surface area contributed by atoms with Crippen molar-refractivity contribution < 1.29 is 4.39 Å². The van der Waals surface area contributed by atoms with Gasteiger partial charge >= 0.3 is 0 Å². The molecule has 3 heteroatoms. The van der Waals surface area contributed by atoms with Gasteiger partial charge in [-0.2, -0.15) is 0 Å². The number of halogens is 1. The minimum Gasteiger partial charge on any atom is -0.313 e. The smallest absolute Gasteiger partial charge is 0.123 e. The Morgan fingerprint density at radius 2 is 2.29 bits per heavy atom. The van der Waals surface area contributed by atoms with Crippen molar-refractivity contribution in [3.8, 4) is 0 Å². The normalized spacial score (nSPS) is 22.4. The van der Waals surface area contributed by atoms with Crippen LogP contribution in [0.4, 0.5) is 4.39 Å². The Hall–Kier alpha value is -0.930. The van der Waals surface area contributed by atoms with Crippen LogP contribution in [-0.4, -0.2) is 30.6 Å².